The smallest absolute Gasteiger partial charge is 0.123 e. The molecular weight excluding hydrogens is 260 g/mol. The third kappa shape index (κ3) is 2.60. The summed E-state index contributed by atoms with van der Waals surface area (Å²) in [5.74, 6) is -0.293. The highest BCUT2D eigenvalue weighted by Gasteiger charge is 2.14. The van der Waals surface area contributed by atoms with Crippen molar-refractivity contribution in [3.63, 3.8) is 0 Å². The van der Waals surface area contributed by atoms with Gasteiger partial charge in [-0.05, 0) is 29.3 Å². The molecule has 0 saturated carbocycles. The second-order valence-corrected chi connectivity index (χ2v) is 4.46. The summed E-state index contributed by atoms with van der Waals surface area (Å²) < 4.78 is 12.8. The van der Waals surface area contributed by atoms with E-state index in [1.165, 1.54) is 12.1 Å². The molecule has 2 aromatic carbocycles. The fourth-order valence-electron chi connectivity index (χ4n) is 1.61. The first-order chi connectivity index (χ1) is 8.09. The van der Waals surface area contributed by atoms with Gasteiger partial charge in [-0.3, -0.25) is 0 Å². The molecule has 17 heavy (non-hydrogen) atoms. The second kappa shape index (κ2) is 5.05. The van der Waals surface area contributed by atoms with Crippen LogP contribution < -0.4 is 5.73 Å². The minimum absolute atomic E-state index is 0.293. The van der Waals surface area contributed by atoms with Crippen LogP contribution in [0.2, 0.25) is 10.0 Å². The molecule has 4 heteroatoms. The molecule has 0 aliphatic heterocycles. The van der Waals surface area contributed by atoms with E-state index in [1.54, 1.807) is 24.3 Å². The molecule has 0 fully saturated rings. The Balaban J connectivity index is 2.40. The molecule has 1 nitrogen and oxygen atoms in total. The topological polar surface area (TPSA) is 26.0 Å². The summed E-state index contributed by atoms with van der Waals surface area (Å²) >= 11 is 12.0. The highest BCUT2D eigenvalue weighted by molar-refractivity contribution is 6.42. The molecule has 0 saturated heterocycles. The zero-order valence-electron chi connectivity index (χ0n) is 8.83. The molecule has 0 amide bonds. The van der Waals surface area contributed by atoms with Gasteiger partial charge in [0, 0.05) is 0 Å². The van der Waals surface area contributed by atoms with Gasteiger partial charge in [-0.2, -0.15) is 0 Å². The molecular formula is C13H10Cl2FN. The van der Waals surface area contributed by atoms with Crippen molar-refractivity contribution in [1.29, 1.82) is 0 Å². The van der Waals surface area contributed by atoms with Gasteiger partial charge in [0.15, 0.2) is 0 Å². The first-order valence-electron chi connectivity index (χ1n) is 5.04. The molecule has 2 N–H and O–H groups in total. The van der Waals surface area contributed by atoms with E-state index < -0.39 is 6.04 Å². The van der Waals surface area contributed by atoms with Gasteiger partial charge >= 0.3 is 0 Å². The molecule has 0 aliphatic carbocycles. The Hall–Kier alpha value is -1.09. The second-order valence-electron chi connectivity index (χ2n) is 3.67. The highest BCUT2D eigenvalue weighted by atomic mass is 35.5. The van der Waals surface area contributed by atoms with E-state index in [0.717, 1.165) is 11.1 Å². The quantitative estimate of drug-likeness (QED) is 0.870. The Morgan fingerprint density at radius 1 is 1.00 bits per heavy atom. The summed E-state index contributed by atoms with van der Waals surface area (Å²) in [5.41, 5.74) is 7.59. The van der Waals surface area contributed by atoms with Crippen molar-refractivity contribution < 1.29 is 4.39 Å². The van der Waals surface area contributed by atoms with Crippen LogP contribution in [0.4, 0.5) is 4.39 Å². The predicted octanol–water partition coefficient (Wildman–Crippen LogP) is 4.18. The minimum atomic E-state index is -0.415. The minimum Gasteiger partial charge on any atom is -0.320 e. The van der Waals surface area contributed by atoms with E-state index in [2.05, 4.69) is 0 Å². The molecule has 0 aromatic heterocycles. The third-order valence-electron chi connectivity index (χ3n) is 2.55. The van der Waals surface area contributed by atoms with Crippen LogP contribution in [-0.4, -0.2) is 0 Å². The van der Waals surface area contributed by atoms with Crippen molar-refractivity contribution in [3.8, 4) is 0 Å². The van der Waals surface area contributed by atoms with Gasteiger partial charge < -0.3 is 5.73 Å². The highest BCUT2D eigenvalue weighted by Crippen LogP contribution is 2.31. The van der Waals surface area contributed by atoms with Crippen LogP contribution in [0, 0.1) is 5.82 Å². The molecule has 0 radical (unpaired) electrons. The number of halogens is 3. The average molecular weight is 270 g/mol. The average Bonchev–Trinajstić information content (AvgIpc) is 2.33. The Bertz CT molecular complexity index is 525. The summed E-state index contributed by atoms with van der Waals surface area (Å²) in [6.07, 6.45) is 0. The lowest BCUT2D eigenvalue weighted by Crippen LogP contribution is -2.12. The molecule has 2 aromatic rings. The van der Waals surface area contributed by atoms with Crippen molar-refractivity contribution in [2.45, 2.75) is 6.04 Å². The molecule has 0 heterocycles. The largest absolute Gasteiger partial charge is 0.320 e. The Labute approximate surface area is 109 Å². The molecule has 0 aliphatic rings. The molecule has 2 rings (SSSR count). The van der Waals surface area contributed by atoms with E-state index in [0.29, 0.717) is 10.0 Å². The van der Waals surface area contributed by atoms with Gasteiger partial charge in [-0.25, -0.2) is 4.39 Å². The molecule has 1 unspecified atom stereocenters. The maximum Gasteiger partial charge on any atom is 0.123 e. The Kier molecular flexibility index (Phi) is 3.67. The molecule has 88 valence electrons. The van der Waals surface area contributed by atoms with E-state index in [1.807, 2.05) is 6.07 Å². The maximum absolute atomic E-state index is 12.8. The van der Waals surface area contributed by atoms with Crippen LogP contribution in [0.3, 0.4) is 0 Å². The number of hydrogen-bond acceptors (Lipinski definition) is 1. The number of hydrogen-bond donors (Lipinski definition) is 1. The first kappa shape index (κ1) is 12.4. The lowest BCUT2D eigenvalue weighted by Gasteiger charge is -2.14. The van der Waals surface area contributed by atoms with Crippen LogP contribution in [-0.2, 0) is 0 Å². The zero-order valence-corrected chi connectivity index (χ0v) is 10.3. The van der Waals surface area contributed by atoms with Crippen molar-refractivity contribution in [3.05, 3.63) is 69.5 Å². The van der Waals surface area contributed by atoms with E-state index in [-0.39, 0.29) is 5.82 Å². The van der Waals surface area contributed by atoms with Gasteiger partial charge in [0.05, 0.1) is 16.1 Å². The normalized spacial score (nSPS) is 12.5. The summed E-state index contributed by atoms with van der Waals surface area (Å²) in [7, 11) is 0. The molecule has 0 spiro atoms. The summed E-state index contributed by atoms with van der Waals surface area (Å²) in [5, 5.41) is 0.896. The number of rotatable bonds is 2. The SMILES string of the molecule is NC(c1ccc(F)cc1)c1cccc(Cl)c1Cl. The van der Waals surface area contributed by atoms with Crippen LogP contribution >= 0.6 is 23.2 Å². The van der Waals surface area contributed by atoms with Crippen molar-refractivity contribution >= 4 is 23.2 Å². The lowest BCUT2D eigenvalue weighted by atomic mass is 10.00. The van der Waals surface area contributed by atoms with Gasteiger partial charge in [-0.1, -0.05) is 47.5 Å². The molecule has 0 bridgehead atoms. The number of benzene rings is 2. The zero-order chi connectivity index (χ0) is 12.4. The standard InChI is InChI=1S/C13H10Cl2FN/c14-11-3-1-2-10(12(11)15)13(17)8-4-6-9(16)7-5-8/h1-7,13H,17H2. The number of nitrogens with two attached hydrogens (primary N) is 1. The van der Waals surface area contributed by atoms with Crippen molar-refractivity contribution in [2.75, 3.05) is 0 Å². The van der Waals surface area contributed by atoms with E-state index in [4.69, 9.17) is 28.9 Å². The monoisotopic (exact) mass is 269 g/mol. The van der Waals surface area contributed by atoms with Gasteiger partial charge in [0.2, 0.25) is 0 Å². The van der Waals surface area contributed by atoms with E-state index >= 15 is 0 Å². The fourth-order valence-corrected chi connectivity index (χ4v) is 2.04. The summed E-state index contributed by atoms with van der Waals surface area (Å²) in [6.45, 7) is 0. The third-order valence-corrected chi connectivity index (χ3v) is 3.38. The Morgan fingerprint density at radius 3 is 2.29 bits per heavy atom. The summed E-state index contributed by atoms with van der Waals surface area (Å²) in [6, 6.07) is 10.9. The Morgan fingerprint density at radius 2 is 1.65 bits per heavy atom. The maximum atomic E-state index is 12.8. The summed E-state index contributed by atoms with van der Waals surface area (Å²) in [4.78, 5) is 0. The van der Waals surface area contributed by atoms with Gasteiger partial charge in [0.1, 0.15) is 5.82 Å². The van der Waals surface area contributed by atoms with Crippen LogP contribution in [0.25, 0.3) is 0 Å². The molecule has 1 atom stereocenters. The van der Waals surface area contributed by atoms with Gasteiger partial charge in [0.25, 0.3) is 0 Å². The predicted molar refractivity (Wildman–Crippen MR) is 68.9 cm³/mol. The van der Waals surface area contributed by atoms with Crippen LogP contribution in [0.1, 0.15) is 17.2 Å². The first-order valence-corrected chi connectivity index (χ1v) is 5.80. The van der Waals surface area contributed by atoms with E-state index in [9.17, 15) is 4.39 Å². The van der Waals surface area contributed by atoms with Crippen LogP contribution in [0.15, 0.2) is 42.5 Å². The van der Waals surface area contributed by atoms with Crippen molar-refractivity contribution in [2.24, 2.45) is 5.73 Å². The fraction of sp³-hybridized carbons (Fsp3) is 0.0769. The van der Waals surface area contributed by atoms with Gasteiger partial charge in [-0.15, -0.1) is 0 Å². The van der Waals surface area contributed by atoms with Crippen LogP contribution in [0.5, 0.6) is 0 Å². The van der Waals surface area contributed by atoms with Crippen molar-refractivity contribution in [1.82, 2.24) is 0 Å². The lowest BCUT2D eigenvalue weighted by molar-refractivity contribution is 0.626.